The average Bonchev–Trinajstić information content (AvgIpc) is 2.92. The van der Waals surface area contributed by atoms with Crippen LogP contribution in [0.5, 0.6) is 0 Å². The maximum atomic E-state index is 14.2. The number of halogens is 3. The van der Waals surface area contributed by atoms with Crippen LogP contribution in [0.1, 0.15) is 36.5 Å². The predicted molar refractivity (Wildman–Crippen MR) is 167 cm³/mol. The number of anilines is 1. The molecule has 0 aromatic heterocycles. The summed E-state index contributed by atoms with van der Waals surface area (Å²) in [5.74, 6) is -0.919. The maximum Gasteiger partial charge on any atom is 0.244 e. The molecule has 3 aromatic rings. The zero-order chi connectivity index (χ0) is 30.2. The van der Waals surface area contributed by atoms with Gasteiger partial charge in [-0.05, 0) is 54.3 Å². The second kappa shape index (κ2) is 14.9. The van der Waals surface area contributed by atoms with Crippen molar-refractivity contribution in [1.82, 2.24) is 10.2 Å². The summed E-state index contributed by atoms with van der Waals surface area (Å²) in [4.78, 5) is 29.2. The molecule has 0 aliphatic heterocycles. The molecule has 0 aliphatic carbocycles. The SMILES string of the molecule is CCCCNC(=O)[C@@H](Cc1ccccc1)N(Cc1ccc(Cl)cc1Cl)C(=O)CN(c1cccc(Cl)c1C)S(C)(=O)=O. The van der Waals surface area contributed by atoms with Gasteiger partial charge < -0.3 is 10.2 Å². The Morgan fingerprint density at radius 1 is 0.951 bits per heavy atom. The smallest absolute Gasteiger partial charge is 0.244 e. The van der Waals surface area contributed by atoms with Gasteiger partial charge in [-0.3, -0.25) is 13.9 Å². The normalized spacial score (nSPS) is 12.0. The molecule has 0 fully saturated rings. The van der Waals surface area contributed by atoms with Crippen LogP contribution in [0.2, 0.25) is 15.1 Å². The van der Waals surface area contributed by atoms with Crippen molar-refractivity contribution in [3.63, 3.8) is 0 Å². The number of nitrogens with one attached hydrogen (secondary N) is 1. The van der Waals surface area contributed by atoms with E-state index in [0.29, 0.717) is 32.7 Å². The van der Waals surface area contributed by atoms with Crippen LogP contribution < -0.4 is 9.62 Å². The standard InChI is InChI=1S/C30H34Cl3N3O4S/c1-4-5-16-34-30(38)28(17-22-10-7-6-8-11-22)35(19-23-14-15-24(31)18-26(23)33)29(37)20-36(41(3,39)40)27-13-9-12-25(32)21(27)2/h6-15,18,28H,4-5,16-17,19-20H2,1-3H3,(H,34,38)/t28-/m1/s1. The highest BCUT2D eigenvalue weighted by Gasteiger charge is 2.33. The number of nitrogens with zero attached hydrogens (tertiary/aromatic N) is 2. The first-order valence-electron chi connectivity index (χ1n) is 13.2. The number of hydrogen-bond acceptors (Lipinski definition) is 4. The van der Waals surface area contributed by atoms with Gasteiger partial charge in [0.05, 0.1) is 11.9 Å². The Labute approximate surface area is 257 Å². The number of carbonyl (C=O) groups excluding carboxylic acids is 2. The van der Waals surface area contributed by atoms with Gasteiger partial charge >= 0.3 is 0 Å². The summed E-state index contributed by atoms with van der Waals surface area (Å²) in [6, 6.07) is 18.2. The number of benzene rings is 3. The fraction of sp³-hybridized carbons (Fsp3) is 0.333. The molecule has 220 valence electrons. The van der Waals surface area contributed by atoms with Gasteiger partial charge in [-0.25, -0.2) is 8.42 Å². The molecule has 11 heteroatoms. The summed E-state index contributed by atoms with van der Waals surface area (Å²) in [6.07, 6.45) is 2.90. The molecule has 0 saturated heterocycles. The van der Waals surface area contributed by atoms with Crippen molar-refractivity contribution in [2.24, 2.45) is 0 Å². The van der Waals surface area contributed by atoms with Crippen molar-refractivity contribution in [3.05, 3.63) is 98.5 Å². The van der Waals surface area contributed by atoms with Crippen LogP contribution in [0, 0.1) is 6.92 Å². The van der Waals surface area contributed by atoms with Gasteiger partial charge in [-0.2, -0.15) is 0 Å². The minimum Gasteiger partial charge on any atom is -0.354 e. The van der Waals surface area contributed by atoms with Gasteiger partial charge in [0.1, 0.15) is 12.6 Å². The van der Waals surface area contributed by atoms with Gasteiger partial charge in [0.15, 0.2) is 0 Å². The van der Waals surface area contributed by atoms with Crippen LogP contribution in [-0.2, 0) is 32.6 Å². The zero-order valence-corrected chi connectivity index (χ0v) is 26.3. The number of hydrogen-bond donors (Lipinski definition) is 1. The van der Waals surface area contributed by atoms with E-state index in [9.17, 15) is 18.0 Å². The molecule has 0 bridgehead atoms. The highest BCUT2D eigenvalue weighted by atomic mass is 35.5. The molecule has 0 saturated carbocycles. The molecular weight excluding hydrogens is 605 g/mol. The Morgan fingerprint density at radius 3 is 2.29 bits per heavy atom. The number of sulfonamides is 1. The summed E-state index contributed by atoms with van der Waals surface area (Å²) >= 11 is 18.9. The first-order valence-corrected chi connectivity index (χ1v) is 16.2. The quantitative estimate of drug-likeness (QED) is 0.223. The monoisotopic (exact) mass is 637 g/mol. The Bertz CT molecular complexity index is 1470. The fourth-order valence-electron chi connectivity index (χ4n) is 4.35. The summed E-state index contributed by atoms with van der Waals surface area (Å²) in [5, 5.41) is 4.06. The van der Waals surface area contributed by atoms with Crippen molar-refractivity contribution >= 4 is 62.3 Å². The van der Waals surface area contributed by atoms with Crippen molar-refractivity contribution < 1.29 is 18.0 Å². The highest BCUT2D eigenvalue weighted by molar-refractivity contribution is 7.92. The molecule has 2 amide bonds. The molecule has 0 spiro atoms. The van der Waals surface area contributed by atoms with Crippen molar-refractivity contribution in [3.8, 4) is 0 Å². The van der Waals surface area contributed by atoms with Crippen molar-refractivity contribution in [2.75, 3.05) is 23.7 Å². The van der Waals surface area contributed by atoms with Crippen LogP contribution in [0.4, 0.5) is 5.69 Å². The minimum absolute atomic E-state index is 0.0420. The van der Waals surface area contributed by atoms with Crippen molar-refractivity contribution in [1.29, 1.82) is 0 Å². The number of carbonyl (C=O) groups is 2. The molecule has 3 aromatic carbocycles. The summed E-state index contributed by atoms with van der Waals surface area (Å²) in [6.45, 7) is 3.56. The van der Waals surface area contributed by atoms with Gasteiger partial charge in [0, 0.05) is 34.6 Å². The maximum absolute atomic E-state index is 14.2. The molecule has 1 atom stereocenters. The van der Waals surface area contributed by atoms with Crippen molar-refractivity contribution in [2.45, 2.75) is 45.7 Å². The Kier molecular flexibility index (Phi) is 11.9. The van der Waals surface area contributed by atoms with E-state index >= 15 is 0 Å². The van der Waals surface area contributed by atoms with E-state index in [0.717, 1.165) is 29.0 Å². The first kappa shape index (κ1) is 32.7. The molecule has 41 heavy (non-hydrogen) atoms. The molecule has 0 heterocycles. The fourth-order valence-corrected chi connectivity index (χ4v) is 5.89. The molecule has 0 unspecified atom stereocenters. The number of amides is 2. The number of unbranched alkanes of at least 4 members (excludes halogenated alkanes) is 1. The van der Waals surface area contributed by atoms with Crippen LogP contribution in [0.15, 0.2) is 66.7 Å². The molecular formula is C30H34Cl3N3O4S. The lowest BCUT2D eigenvalue weighted by atomic mass is 10.0. The van der Waals surface area contributed by atoms with Gasteiger partial charge in [0.2, 0.25) is 21.8 Å². The van der Waals surface area contributed by atoms with Gasteiger partial charge in [-0.15, -0.1) is 0 Å². The van der Waals surface area contributed by atoms with E-state index in [4.69, 9.17) is 34.8 Å². The largest absolute Gasteiger partial charge is 0.354 e. The zero-order valence-electron chi connectivity index (χ0n) is 23.2. The van der Waals surface area contributed by atoms with Crippen LogP contribution in [0.25, 0.3) is 0 Å². The Hall–Kier alpha value is -2.78. The second-order valence-corrected chi connectivity index (χ2v) is 12.9. The summed E-state index contributed by atoms with van der Waals surface area (Å²) < 4.78 is 27.0. The molecule has 7 nitrogen and oxygen atoms in total. The third kappa shape index (κ3) is 9.10. The van der Waals surface area contributed by atoms with E-state index in [2.05, 4.69) is 5.32 Å². The molecule has 3 rings (SSSR count). The van der Waals surface area contributed by atoms with E-state index < -0.39 is 28.5 Å². The molecule has 0 aliphatic rings. The van der Waals surface area contributed by atoms with E-state index in [1.807, 2.05) is 37.3 Å². The van der Waals surface area contributed by atoms with E-state index in [1.165, 1.54) is 4.90 Å². The Morgan fingerprint density at radius 2 is 1.66 bits per heavy atom. The van der Waals surface area contributed by atoms with E-state index in [1.54, 1.807) is 43.3 Å². The topological polar surface area (TPSA) is 86.8 Å². The van der Waals surface area contributed by atoms with Crippen LogP contribution in [0.3, 0.4) is 0 Å². The predicted octanol–water partition coefficient (Wildman–Crippen LogP) is 6.28. The summed E-state index contributed by atoms with van der Waals surface area (Å²) in [7, 11) is -3.91. The molecule has 0 radical (unpaired) electrons. The summed E-state index contributed by atoms with van der Waals surface area (Å²) in [5.41, 5.74) is 2.20. The minimum atomic E-state index is -3.91. The second-order valence-electron chi connectivity index (χ2n) is 9.76. The highest BCUT2D eigenvalue weighted by Crippen LogP contribution is 2.29. The lowest BCUT2D eigenvalue weighted by molar-refractivity contribution is -0.140. The third-order valence-corrected chi connectivity index (χ3v) is 8.77. The Balaban J connectivity index is 2.09. The van der Waals surface area contributed by atoms with Crippen LogP contribution >= 0.6 is 34.8 Å². The lowest BCUT2D eigenvalue weighted by Crippen LogP contribution is -2.53. The third-order valence-electron chi connectivity index (χ3n) is 6.64. The lowest BCUT2D eigenvalue weighted by Gasteiger charge is -2.34. The van der Waals surface area contributed by atoms with Gasteiger partial charge in [-0.1, -0.05) is 90.6 Å². The molecule has 1 N–H and O–H groups in total. The number of rotatable bonds is 13. The first-order chi connectivity index (χ1) is 19.4. The van der Waals surface area contributed by atoms with Crippen LogP contribution in [-0.4, -0.2) is 50.5 Å². The average molecular weight is 639 g/mol. The van der Waals surface area contributed by atoms with Gasteiger partial charge in [0.25, 0.3) is 0 Å². The van der Waals surface area contributed by atoms with E-state index in [-0.39, 0.29) is 24.6 Å².